The van der Waals surface area contributed by atoms with Gasteiger partial charge in [0.1, 0.15) is 0 Å². The van der Waals surface area contributed by atoms with E-state index in [1.807, 2.05) is 12.2 Å². The summed E-state index contributed by atoms with van der Waals surface area (Å²) in [6, 6.07) is 34.2. The van der Waals surface area contributed by atoms with E-state index in [9.17, 15) is 0 Å². The lowest BCUT2D eigenvalue weighted by atomic mass is 9.65. The topological polar surface area (TPSA) is 3.24 Å². The summed E-state index contributed by atoms with van der Waals surface area (Å²) >= 11 is 0. The molecule has 236 valence electrons. The van der Waals surface area contributed by atoms with Gasteiger partial charge in [-0.15, -0.1) is 5.73 Å². The Hall–Kier alpha value is -5.62. The molecule has 0 bridgehead atoms. The molecule has 0 aromatic heterocycles. The zero-order chi connectivity index (χ0) is 33.3. The van der Waals surface area contributed by atoms with Crippen molar-refractivity contribution in [2.45, 2.75) is 38.0 Å². The van der Waals surface area contributed by atoms with Crippen molar-refractivity contribution >= 4 is 33.8 Å². The van der Waals surface area contributed by atoms with E-state index in [1.54, 1.807) is 0 Å². The molecule has 1 spiro atoms. The third-order valence-corrected chi connectivity index (χ3v) is 11.5. The average Bonchev–Trinajstić information content (AvgIpc) is 3.53. The number of hydrogen-bond donors (Lipinski definition) is 0. The van der Waals surface area contributed by atoms with Crippen LogP contribution in [0.1, 0.15) is 60.6 Å². The lowest BCUT2D eigenvalue weighted by Crippen LogP contribution is -2.32. The summed E-state index contributed by atoms with van der Waals surface area (Å²) in [7, 11) is 0. The SMILES string of the molecule is C=C/C=C1\C(=C/C)c2ccc(N(c3ccccc3)c3ccc4c(c3)C(C)(C)C3=C4C=CC=C=C3)cc2C12c1ccccc1C1=CC=CCC12. The van der Waals surface area contributed by atoms with E-state index in [-0.39, 0.29) is 10.8 Å². The number of anilines is 3. The molecule has 2 atom stereocenters. The standard InChI is InChI=1S/C48H39N/c1-5-17-42-35(6-2)39-28-26-34(31-46(39)48(42)43-24-15-13-21-37(43)38-22-14-16-25-44(38)48)49(32-18-9-7-10-19-32)33-27-29-40-36-20-11-8-12-23-41(36)47(3,4)45(40)30-33/h5-11,13-24,26-31,44H,1,25H2,2-4H3/b35-6-,42-17+. The second-order valence-corrected chi connectivity index (χ2v) is 14.1. The number of benzene rings is 4. The first-order valence-corrected chi connectivity index (χ1v) is 17.5. The van der Waals surface area contributed by atoms with E-state index in [0.29, 0.717) is 5.92 Å². The van der Waals surface area contributed by atoms with Gasteiger partial charge in [0.15, 0.2) is 0 Å². The molecule has 2 unspecified atom stereocenters. The first-order valence-electron chi connectivity index (χ1n) is 17.5. The summed E-state index contributed by atoms with van der Waals surface area (Å²) in [5, 5.41) is 0. The van der Waals surface area contributed by atoms with Gasteiger partial charge in [0, 0.05) is 28.4 Å². The number of para-hydroxylation sites is 1. The van der Waals surface area contributed by atoms with Crippen molar-refractivity contribution in [3.63, 3.8) is 0 Å². The van der Waals surface area contributed by atoms with Crippen LogP contribution in [0.15, 0.2) is 175 Å². The highest BCUT2D eigenvalue weighted by Gasteiger charge is 2.57. The molecule has 49 heavy (non-hydrogen) atoms. The molecule has 1 nitrogen and oxygen atoms in total. The molecule has 9 rings (SSSR count). The van der Waals surface area contributed by atoms with Crippen molar-refractivity contribution < 1.29 is 0 Å². The molecule has 1 heteroatoms. The molecule has 5 aliphatic rings. The molecule has 0 fully saturated rings. The van der Waals surface area contributed by atoms with Crippen molar-refractivity contribution in [2.24, 2.45) is 5.92 Å². The molecule has 0 radical (unpaired) electrons. The zero-order valence-corrected chi connectivity index (χ0v) is 28.4. The molecule has 5 aliphatic carbocycles. The lowest BCUT2D eigenvalue weighted by molar-refractivity contribution is 0.495. The Morgan fingerprint density at radius 3 is 2.35 bits per heavy atom. The Morgan fingerprint density at radius 2 is 1.55 bits per heavy atom. The van der Waals surface area contributed by atoms with Crippen molar-refractivity contribution in [3.05, 3.63) is 209 Å². The van der Waals surface area contributed by atoms with Gasteiger partial charge in [0.05, 0.1) is 5.41 Å². The van der Waals surface area contributed by atoms with Crippen LogP contribution >= 0.6 is 0 Å². The smallest absolute Gasteiger partial charge is 0.0541 e. The normalized spacial score (nSPS) is 23.3. The van der Waals surface area contributed by atoms with Gasteiger partial charge < -0.3 is 4.90 Å². The second-order valence-electron chi connectivity index (χ2n) is 14.1. The molecular formula is C48H39N. The van der Waals surface area contributed by atoms with Gasteiger partial charge in [-0.25, -0.2) is 0 Å². The Bertz CT molecular complexity index is 2340. The van der Waals surface area contributed by atoms with Crippen molar-refractivity contribution in [3.8, 4) is 0 Å². The molecule has 0 saturated carbocycles. The van der Waals surface area contributed by atoms with E-state index >= 15 is 0 Å². The van der Waals surface area contributed by atoms with Gasteiger partial charge in [-0.05, 0) is 123 Å². The lowest BCUT2D eigenvalue weighted by Gasteiger charge is -2.37. The Balaban J connectivity index is 1.29. The average molecular weight is 630 g/mol. The maximum absolute atomic E-state index is 4.21. The van der Waals surface area contributed by atoms with E-state index in [0.717, 1.165) is 23.5 Å². The minimum atomic E-state index is -0.315. The van der Waals surface area contributed by atoms with E-state index in [2.05, 4.69) is 178 Å². The Labute approximate surface area is 290 Å². The highest BCUT2D eigenvalue weighted by molar-refractivity contribution is 5.99. The summed E-state index contributed by atoms with van der Waals surface area (Å²) in [5.74, 6) is 0.301. The molecule has 0 N–H and O–H groups in total. The van der Waals surface area contributed by atoms with Gasteiger partial charge in [-0.2, -0.15) is 0 Å². The molecular weight excluding hydrogens is 591 g/mol. The highest BCUT2D eigenvalue weighted by Crippen LogP contribution is 2.66. The Kier molecular flexibility index (Phi) is 6.60. The fourth-order valence-electron chi connectivity index (χ4n) is 9.48. The quantitative estimate of drug-likeness (QED) is 0.203. The van der Waals surface area contributed by atoms with Gasteiger partial charge in [0.2, 0.25) is 0 Å². The van der Waals surface area contributed by atoms with Crippen LogP contribution in [-0.4, -0.2) is 0 Å². The highest BCUT2D eigenvalue weighted by atomic mass is 15.1. The second kappa shape index (κ2) is 11.0. The maximum Gasteiger partial charge on any atom is 0.0541 e. The minimum absolute atomic E-state index is 0.142. The summed E-state index contributed by atoms with van der Waals surface area (Å²) in [6.45, 7) is 11.1. The zero-order valence-electron chi connectivity index (χ0n) is 28.4. The van der Waals surface area contributed by atoms with Crippen LogP contribution in [0.2, 0.25) is 0 Å². The third-order valence-electron chi connectivity index (χ3n) is 11.5. The summed E-state index contributed by atoms with van der Waals surface area (Å²) in [4.78, 5) is 2.45. The van der Waals surface area contributed by atoms with Crippen LogP contribution in [0.4, 0.5) is 17.1 Å². The number of nitrogens with zero attached hydrogens (tertiary/aromatic N) is 1. The largest absolute Gasteiger partial charge is 0.310 e. The molecule has 4 aromatic rings. The fraction of sp³-hybridized carbons (Fsp3) is 0.146. The number of hydrogen-bond acceptors (Lipinski definition) is 1. The van der Waals surface area contributed by atoms with E-state index < -0.39 is 0 Å². The van der Waals surface area contributed by atoms with E-state index in [1.165, 1.54) is 61.2 Å². The number of fused-ring (bicyclic) bond motifs is 9. The van der Waals surface area contributed by atoms with Crippen LogP contribution in [0.5, 0.6) is 0 Å². The minimum Gasteiger partial charge on any atom is -0.310 e. The molecule has 0 aliphatic heterocycles. The summed E-state index contributed by atoms with van der Waals surface area (Å²) in [6.07, 6.45) is 23.0. The van der Waals surface area contributed by atoms with Crippen LogP contribution in [0.25, 0.3) is 16.7 Å². The van der Waals surface area contributed by atoms with E-state index in [4.69, 9.17) is 0 Å². The third kappa shape index (κ3) is 4.00. The van der Waals surface area contributed by atoms with Crippen LogP contribution in [0.3, 0.4) is 0 Å². The molecule has 0 amide bonds. The first kappa shape index (κ1) is 29.5. The number of rotatable bonds is 4. The molecule has 0 saturated heterocycles. The van der Waals surface area contributed by atoms with Crippen LogP contribution < -0.4 is 4.90 Å². The fourth-order valence-corrected chi connectivity index (χ4v) is 9.48. The predicted octanol–water partition coefficient (Wildman–Crippen LogP) is 12.3. The maximum atomic E-state index is 4.21. The van der Waals surface area contributed by atoms with Crippen LogP contribution in [-0.2, 0) is 10.8 Å². The first-order chi connectivity index (χ1) is 24.0. The number of allylic oxidation sites excluding steroid dienone is 14. The van der Waals surface area contributed by atoms with Gasteiger partial charge in [0.25, 0.3) is 0 Å². The van der Waals surface area contributed by atoms with Gasteiger partial charge in [-0.3, -0.25) is 0 Å². The summed E-state index contributed by atoms with van der Waals surface area (Å²) in [5.41, 5.74) is 21.2. The molecule has 4 aromatic carbocycles. The van der Waals surface area contributed by atoms with Crippen molar-refractivity contribution in [2.75, 3.05) is 4.90 Å². The van der Waals surface area contributed by atoms with Gasteiger partial charge in [-0.1, -0.05) is 124 Å². The summed E-state index contributed by atoms with van der Waals surface area (Å²) < 4.78 is 0. The van der Waals surface area contributed by atoms with Crippen molar-refractivity contribution in [1.29, 1.82) is 0 Å². The van der Waals surface area contributed by atoms with Gasteiger partial charge >= 0.3 is 0 Å². The predicted molar refractivity (Wildman–Crippen MR) is 207 cm³/mol. The van der Waals surface area contributed by atoms with Crippen molar-refractivity contribution in [1.82, 2.24) is 0 Å². The monoisotopic (exact) mass is 629 g/mol. The Morgan fingerprint density at radius 1 is 0.796 bits per heavy atom. The molecule has 0 heterocycles. The van der Waals surface area contributed by atoms with Crippen LogP contribution in [0, 0.1) is 5.92 Å².